The number of rotatable bonds is 8. The Morgan fingerprint density at radius 1 is 0.387 bits per heavy atom. The minimum absolute atomic E-state index is 0.151. The summed E-state index contributed by atoms with van der Waals surface area (Å²) in [5, 5.41) is 0.554. The number of halogens is 6. The molecule has 7 aromatic rings. The van der Waals surface area contributed by atoms with Crippen molar-refractivity contribution in [3.63, 3.8) is 0 Å². The van der Waals surface area contributed by atoms with Crippen molar-refractivity contribution >= 4 is 65.8 Å². The van der Waals surface area contributed by atoms with E-state index in [9.17, 15) is 43.2 Å². The zero-order chi connectivity index (χ0) is 44.0. The summed E-state index contributed by atoms with van der Waals surface area (Å²) in [7, 11) is -18.7. The van der Waals surface area contributed by atoms with Crippen LogP contribution in [0.3, 0.4) is 0 Å². The molecule has 0 radical (unpaired) electrons. The Morgan fingerprint density at radius 3 is 0.919 bits per heavy atom. The van der Waals surface area contributed by atoms with E-state index in [0.717, 1.165) is 36.4 Å². The number of alkyl halides is 6. The van der Waals surface area contributed by atoms with Crippen molar-refractivity contribution in [1.82, 2.24) is 0 Å². The second-order valence-corrected chi connectivity index (χ2v) is 23.3. The Kier molecular flexibility index (Phi) is 9.57. The topological polar surface area (TPSA) is 121 Å². The molecule has 0 fully saturated rings. The number of sulfone groups is 2. The third kappa shape index (κ3) is 6.42. The molecule has 62 heavy (non-hydrogen) atoms. The van der Waals surface area contributed by atoms with Gasteiger partial charge in [-0.15, -0.1) is 26.3 Å². The number of hydrogen-bond donors (Lipinski definition) is 0. The standard InChI is InChI=1S/C44H26F6O8P2S2/c45-43(46,47)57-39-37-33-25-31(59(51,27-13-5-1-6-14-27)28-15-7-2-8-16-28)21-23-35(33)61(53,54)41(37)40(58-44(48,49)50)38-34-26-32(22-24-36(34)62(55,56)42(38)39)60(52,29-17-9-3-10-18-29)30-19-11-4-12-20-30/h1-26H. The van der Waals surface area contributed by atoms with Crippen LogP contribution < -0.4 is 41.3 Å². The van der Waals surface area contributed by atoms with Gasteiger partial charge in [-0.1, -0.05) is 121 Å². The van der Waals surface area contributed by atoms with Crippen LogP contribution in [0.5, 0.6) is 11.5 Å². The average molecular weight is 923 g/mol. The lowest BCUT2D eigenvalue weighted by Gasteiger charge is -2.22. The molecule has 2 aliphatic heterocycles. The number of ether oxygens (including phenoxy) is 2. The molecule has 0 spiro atoms. The molecule has 0 atom stereocenters. The van der Waals surface area contributed by atoms with Crippen LogP contribution in [-0.2, 0) is 28.8 Å². The minimum Gasteiger partial charge on any atom is -0.404 e. The van der Waals surface area contributed by atoms with Gasteiger partial charge in [-0.05, 0) is 36.4 Å². The van der Waals surface area contributed by atoms with Crippen LogP contribution in [0.1, 0.15) is 0 Å². The smallest absolute Gasteiger partial charge is 0.404 e. The lowest BCUT2D eigenvalue weighted by Crippen LogP contribution is -2.25. The van der Waals surface area contributed by atoms with E-state index in [-0.39, 0.29) is 31.8 Å². The van der Waals surface area contributed by atoms with E-state index < -0.39 is 100 Å². The fraction of sp³-hybridized carbons (Fsp3) is 0.0455. The largest absolute Gasteiger partial charge is 0.573 e. The number of fused-ring (bicyclic) bond motifs is 6. The Labute approximate surface area is 350 Å². The Hall–Kier alpha value is -5.92. The van der Waals surface area contributed by atoms with Gasteiger partial charge >= 0.3 is 12.7 Å². The molecule has 8 nitrogen and oxygen atoms in total. The zero-order valence-electron chi connectivity index (χ0n) is 31.3. The number of benzene rings is 7. The van der Waals surface area contributed by atoms with Crippen LogP contribution in [0.4, 0.5) is 26.3 Å². The van der Waals surface area contributed by atoms with Crippen molar-refractivity contribution in [2.24, 2.45) is 0 Å². The van der Waals surface area contributed by atoms with Gasteiger partial charge in [0.15, 0.2) is 25.8 Å². The third-order valence-electron chi connectivity index (χ3n) is 10.5. The second kappa shape index (κ2) is 14.3. The van der Waals surface area contributed by atoms with Gasteiger partial charge in [0.25, 0.3) is 0 Å². The fourth-order valence-corrected chi connectivity index (χ4v) is 16.9. The molecule has 314 valence electrons. The first kappa shape index (κ1) is 41.4. The minimum atomic E-state index is -5.76. The molecule has 0 amide bonds. The van der Waals surface area contributed by atoms with E-state index in [2.05, 4.69) is 9.47 Å². The maximum absolute atomic E-state index is 15.4. The monoisotopic (exact) mass is 922 g/mol. The molecular weight excluding hydrogens is 897 g/mol. The summed E-state index contributed by atoms with van der Waals surface area (Å²) in [6.07, 6.45) is -11.5. The fourth-order valence-electron chi connectivity index (χ4n) is 8.04. The molecule has 0 saturated carbocycles. The predicted molar refractivity (Wildman–Crippen MR) is 220 cm³/mol. The molecule has 0 aliphatic carbocycles. The Bertz CT molecular complexity index is 2990. The second-order valence-electron chi connectivity index (χ2n) is 14.1. The molecule has 0 saturated heterocycles. The molecular formula is C44H26F6O8P2S2. The first-order valence-electron chi connectivity index (χ1n) is 18.3. The van der Waals surface area contributed by atoms with Crippen molar-refractivity contribution in [1.29, 1.82) is 0 Å². The van der Waals surface area contributed by atoms with Gasteiger partial charge < -0.3 is 18.6 Å². The van der Waals surface area contributed by atoms with Crippen molar-refractivity contribution < 1.29 is 61.8 Å². The lowest BCUT2D eigenvalue weighted by molar-refractivity contribution is -0.278. The molecule has 0 bridgehead atoms. The van der Waals surface area contributed by atoms with E-state index in [4.69, 9.17) is 0 Å². The predicted octanol–water partition coefficient (Wildman–Crippen LogP) is 8.39. The van der Waals surface area contributed by atoms with Crippen molar-refractivity contribution in [3.8, 4) is 33.8 Å². The maximum Gasteiger partial charge on any atom is 0.573 e. The van der Waals surface area contributed by atoms with E-state index in [0.29, 0.717) is 0 Å². The summed E-state index contributed by atoms with van der Waals surface area (Å²) >= 11 is 0. The van der Waals surface area contributed by atoms with Crippen LogP contribution in [0.25, 0.3) is 22.3 Å². The summed E-state index contributed by atoms with van der Waals surface area (Å²) in [5.74, 6) is -3.31. The summed E-state index contributed by atoms with van der Waals surface area (Å²) in [5.41, 5.74) is -3.85. The highest BCUT2D eigenvalue weighted by Gasteiger charge is 2.53. The quantitative estimate of drug-likeness (QED) is 0.110. The SMILES string of the molecule is O=P(c1ccccc1)(c1ccccc1)c1ccc2c(c1)-c1c(OC(F)(F)F)c3c(c(OC(F)(F)F)c1S2(=O)=O)-c1cc(P(=O)(c2ccccc2)c2ccccc2)ccc1S3(=O)=O. The van der Waals surface area contributed by atoms with Crippen LogP contribution in [-0.4, -0.2) is 29.6 Å². The zero-order valence-corrected chi connectivity index (χ0v) is 34.7. The van der Waals surface area contributed by atoms with E-state index in [1.807, 2.05) is 0 Å². The van der Waals surface area contributed by atoms with Crippen LogP contribution in [0, 0.1) is 0 Å². The first-order chi connectivity index (χ1) is 29.3. The summed E-state index contributed by atoms with van der Waals surface area (Å²) in [6, 6.07) is 37.2. The summed E-state index contributed by atoms with van der Waals surface area (Å²) < 4.78 is 186. The molecule has 2 aliphatic rings. The van der Waals surface area contributed by atoms with Gasteiger partial charge in [0.2, 0.25) is 19.7 Å². The van der Waals surface area contributed by atoms with E-state index in [1.54, 1.807) is 72.8 Å². The van der Waals surface area contributed by atoms with Gasteiger partial charge in [-0.3, -0.25) is 0 Å². The van der Waals surface area contributed by atoms with Crippen molar-refractivity contribution in [2.45, 2.75) is 32.3 Å². The molecule has 0 aromatic heterocycles. The van der Waals surface area contributed by atoms with Crippen LogP contribution in [0.2, 0.25) is 0 Å². The van der Waals surface area contributed by atoms with E-state index >= 15 is 9.13 Å². The van der Waals surface area contributed by atoms with Gasteiger partial charge in [-0.2, -0.15) is 0 Å². The third-order valence-corrected chi connectivity index (χ3v) is 20.4. The molecule has 0 unspecified atom stereocenters. The van der Waals surface area contributed by atoms with Gasteiger partial charge in [0.1, 0.15) is 9.79 Å². The molecule has 7 aromatic carbocycles. The number of hydrogen-bond acceptors (Lipinski definition) is 8. The Balaban J connectivity index is 1.40. The van der Waals surface area contributed by atoms with Gasteiger partial charge in [0.05, 0.1) is 9.79 Å². The van der Waals surface area contributed by atoms with Crippen molar-refractivity contribution in [2.75, 3.05) is 0 Å². The molecule has 18 heteroatoms. The maximum atomic E-state index is 15.4. The molecule has 0 N–H and O–H groups in total. The normalized spacial score (nSPS) is 14.9. The van der Waals surface area contributed by atoms with Crippen LogP contribution in [0.15, 0.2) is 177 Å². The first-order valence-corrected chi connectivity index (χ1v) is 24.6. The average Bonchev–Trinajstić information content (AvgIpc) is 3.64. The highest BCUT2D eigenvalue weighted by Crippen LogP contribution is 2.64. The lowest BCUT2D eigenvalue weighted by atomic mass is 9.97. The molecule has 9 rings (SSSR count). The van der Waals surface area contributed by atoms with E-state index in [1.165, 1.54) is 48.5 Å². The summed E-state index contributed by atoms with van der Waals surface area (Å²) in [6.45, 7) is 0. The van der Waals surface area contributed by atoms with Crippen molar-refractivity contribution in [3.05, 3.63) is 158 Å². The Morgan fingerprint density at radius 2 is 0.661 bits per heavy atom. The van der Waals surface area contributed by atoms with Gasteiger partial charge in [-0.25, -0.2) is 16.8 Å². The van der Waals surface area contributed by atoms with Crippen LogP contribution >= 0.6 is 14.3 Å². The van der Waals surface area contributed by atoms with Gasteiger partial charge in [0, 0.05) is 54.1 Å². The highest BCUT2D eigenvalue weighted by molar-refractivity contribution is 7.93. The molecule has 2 heterocycles. The summed E-state index contributed by atoms with van der Waals surface area (Å²) in [4.78, 5) is -4.62. The highest BCUT2D eigenvalue weighted by atomic mass is 32.2.